The Morgan fingerprint density at radius 1 is 1.09 bits per heavy atom. The fraction of sp³-hybridized carbons (Fsp3) is 0.308. The number of ketones is 1. The number of carbonyl (C=O) groups excluding carboxylic acids is 1. The van der Waals surface area contributed by atoms with E-state index >= 15 is 0 Å². The highest BCUT2D eigenvalue weighted by atomic mass is 16.5. The molecule has 1 saturated heterocycles. The molecule has 0 saturated carbocycles. The predicted octanol–water partition coefficient (Wildman–Crippen LogP) is 3.89. The summed E-state index contributed by atoms with van der Waals surface area (Å²) >= 11 is 0. The van der Waals surface area contributed by atoms with Crippen molar-refractivity contribution in [3.63, 3.8) is 0 Å². The summed E-state index contributed by atoms with van der Waals surface area (Å²) in [6.45, 7) is 3.93. The first kappa shape index (κ1) is 21.3. The molecule has 4 aromatic rings. The maximum atomic E-state index is 12.9. The van der Waals surface area contributed by atoms with Crippen molar-refractivity contribution in [3.8, 4) is 17.1 Å². The van der Waals surface area contributed by atoms with Crippen molar-refractivity contribution in [1.29, 1.82) is 0 Å². The van der Waals surface area contributed by atoms with Gasteiger partial charge in [-0.25, -0.2) is 9.97 Å². The number of nitrogens with one attached hydrogen (secondary N) is 1. The summed E-state index contributed by atoms with van der Waals surface area (Å²) in [7, 11) is 1.98. The number of hydrogen-bond acceptors (Lipinski definition) is 6. The summed E-state index contributed by atoms with van der Waals surface area (Å²) in [4.78, 5) is 26.5. The second kappa shape index (κ2) is 9.11. The topological polar surface area (TPSA) is 81.9 Å². The van der Waals surface area contributed by atoms with E-state index in [9.17, 15) is 4.79 Å². The highest BCUT2D eigenvalue weighted by molar-refractivity contribution is 5.97. The molecule has 7 heteroatoms. The van der Waals surface area contributed by atoms with Gasteiger partial charge in [-0.3, -0.25) is 9.78 Å². The smallest absolute Gasteiger partial charge is 0.168 e. The number of benzene rings is 1. The van der Waals surface area contributed by atoms with E-state index in [1.165, 1.54) is 0 Å². The van der Waals surface area contributed by atoms with Crippen LogP contribution in [-0.4, -0.2) is 44.5 Å². The molecular formula is C26H27N5O2. The molecular weight excluding hydrogens is 414 g/mol. The Bertz CT molecular complexity index is 1290. The third kappa shape index (κ3) is 4.64. The van der Waals surface area contributed by atoms with E-state index in [0.29, 0.717) is 11.3 Å². The molecule has 0 atom stereocenters. The van der Waals surface area contributed by atoms with Gasteiger partial charge in [0.05, 0.1) is 35.2 Å². The molecule has 4 heterocycles. The van der Waals surface area contributed by atoms with Crippen molar-refractivity contribution in [2.45, 2.75) is 32.3 Å². The van der Waals surface area contributed by atoms with Crippen LogP contribution in [0.4, 0.5) is 0 Å². The number of fused-ring (bicyclic) bond motifs is 1. The number of Topliss-reactive ketones (excluding diaryl/α,β-unsaturated/α-hetero) is 1. The number of pyridine rings is 2. The minimum atomic E-state index is 0.0219. The molecule has 33 heavy (non-hydrogen) atoms. The number of piperidine rings is 1. The lowest BCUT2D eigenvalue weighted by Gasteiger charge is -2.23. The van der Waals surface area contributed by atoms with Gasteiger partial charge in [0.2, 0.25) is 0 Å². The minimum Gasteiger partial charge on any atom is -0.490 e. The molecule has 1 aliphatic heterocycles. The van der Waals surface area contributed by atoms with E-state index in [4.69, 9.17) is 9.72 Å². The fourth-order valence-electron chi connectivity index (χ4n) is 4.13. The normalized spacial score (nSPS) is 14.5. The summed E-state index contributed by atoms with van der Waals surface area (Å²) in [6, 6.07) is 13.3. The van der Waals surface area contributed by atoms with Crippen LogP contribution in [-0.2, 0) is 13.5 Å². The lowest BCUT2D eigenvalue weighted by Crippen LogP contribution is -2.34. The number of hydrogen-bond donors (Lipinski definition) is 1. The Kier molecular flexibility index (Phi) is 5.88. The van der Waals surface area contributed by atoms with Crippen LogP contribution in [0.15, 0.2) is 54.9 Å². The standard InChI is InChI=1S/C26H27N5O2/c1-17-28-16-25(31(17)2)23-8-5-19-15-29-20(13-24(19)30-23)14-26(32)18-3-6-21(7-4-18)33-22-9-11-27-12-10-22/h3-8,13,15-16,22,27H,9-12,14H2,1-2H3. The maximum absolute atomic E-state index is 12.9. The quantitative estimate of drug-likeness (QED) is 0.457. The van der Waals surface area contributed by atoms with Crippen LogP contribution in [0.5, 0.6) is 5.75 Å². The zero-order valence-corrected chi connectivity index (χ0v) is 18.9. The van der Waals surface area contributed by atoms with Crippen LogP contribution in [0, 0.1) is 6.92 Å². The van der Waals surface area contributed by atoms with Crippen molar-refractivity contribution in [1.82, 2.24) is 24.8 Å². The Morgan fingerprint density at radius 2 is 1.88 bits per heavy atom. The first-order chi connectivity index (χ1) is 16.1. The van der Waals surface area contributed by atoms with Crippen molar-refractivity contribution in [2.24, 2.45) is 7.05 Å². The van der Waals surface area contributed by atoms with Crippen LogP contribution in [0.2, 0.25) is 0 Å². The monoisotopic (exact) mass is 441 g/mol. The van der Waals surface area contributed by atoms with Gasteiger partial charge in [0.1, 0.15) is 17.7 Å². The summed E-state index contributed by atoms with van der Waals surface area (Å²) in [6.07, 6.45) is 6.07. The van der Waals surface area contributed by atoms with Gasteiger partial charge in [0.25, 0.3) is 0 Å². The van der Waals surface area contributed by atoms with E-state index < -0.39 is 0 Å². The summed E-state index contributed by atoms with van der Waals surface area (Å²) in [5, 5.41) is 4.27. The molecule has 1 aliphatic rings. The fourth-order valence-corrected chi connectivity index (χ4v) is 4.13. The molecule has 168 valence electrons. The van der Waals surface area contributed by atoms with E-state index in [1.807, 2.05) is 67.2 Å². The van der Waals surface area contributed by atoms with E-state index in [1.54, 1.807) is 6.20 Å². The Hall–Kier alpha value is -3.58. The molecule has 0 radical (unpaired) electrons. The number of aryl methyl sites for hydroxylation is 1. The molecule has 5 rings (SSSR count). The summed E-state index contributed by atoms with van der Waals surface area (Å²) < 4.78 is 8.05. The lowest BCUT2D eigenvalue weighted by atomic mass is 10.1. The molecule has 0 bridgehead atoms. The highest BCUT2D eigenvalue weighted by Crippen LogP contribution is 2.22. The van der Waals surface area contributed by atoms with Crippen LogP contribution < -0.4 is 10.1 Å². The number of nitrogens with zero attached hydrogens (tertiary/aromatic N) is 4. The van der Waals surface area contributed by atoms with Crippen LogP contribution in [0.1, 0.15) is 34.7 Å². The number of carbonyl (C=O) groups is 1. The zero-order valence-electron chi connectivity index (χ0n) is 18.9. The summed E-state index contributed by atoms with van der Waals surface area (Å²) in [5.74, 6) is 1.76. The predicted molar refractivity (Wildman–Crippen MR) is 127 cm³/mol. The number of rotatable bonds is 6. The van der Waals surface area contributed by atoms with Crippen molar-refractivity contribution in [3.05, 3.63) is 71.9 Å². The molecule has 3 aromatic heterocycles. The van der Waals surface area contributed by atoms with Crippen molar-refractivity contribution < 1.29 is 9.53 Å². The van der Waals surface area contributed by atoms with Gasteiger partial charge < -0.3 is 14.6 Å². The zero-order chi connectivity index (χ0) is 22.8. The SMILES string of the molecule is Cc1ncc(-c2ccc3cnc(CC(=O)c4ccc(OC5CCNCC5)cc4)cc3n2)n1C. The van der Waals surface area contributed by atoms with Crippen LogP contribution in [0.25, 0.3) is 22.3 Å². The Balaban J connectivity index is 1.30. The second-order valence-electron chi connectivity index (χ2n) is 8.51. The molecule has 7 nitrogen and oxygen atoms in total. The molecule has 1 aromatic carbocycles. The molecule has 0 aliphatic carbocycles. The van der Waals surface area contributed by atoms with Gasteiger partial charge in [-0.05, 0) is 75.3 Å². The van der Waals surface area contributed by atoms with E-state index in [2.05, 4.69) is 15.3 Å². The molecule has 1 fully saturated rings. The molecule has 0 amide bonds. The largest absolute Gasteiger partial charge is 0.490 e. The number of aromatic nitrogens is 4. The molecule has 0 unspecified atom stereocenters. The average Bonchev–Trinajstić information content (AvgIpc) is 3.18. The van der Waals surface area contributed by atoms with Crippen molar-refractivity contribution in [2.75, 3.05) is 13.1 Å². The number of imidazole rings is 1. The van der Waals surface area contributed by atoms with Crippen LogP contribution in [0.3, 0.4) is 0 Å². The third-order valence-electron chi connectivity index (χ3n) is 6.22. The lowest BCUT2D eigenvalue weighted by molar-refractivity contribution is 0.0992. The Labute approximate surface area is 192 Å². The molecule has 1 N–H and O–H groups in total. The van der Waals surface area contributed by atoms with Gasteiger partial charge in [0, 0.05) is 24.2 Å². The number of ether oxygens (including phenoxy) is 1. The third-order valence-corrected chi connectivity index (χ3v) is 6.22. The van der Waals surface area contributed by atoms with Gasteiger partial charge in [-0.1, -0.05) is 0 Å². The van der Waals surface area contributed by atoms with Gasteiger partial charge in [0.15, 0.2) is 5.78 Å². The summed E-state index contributed by atoms with van der Waals surface area (Å²) in [5.41, 5.74) is 3.97. The first-order valence-corrected chi connectivity index (χ1v) is 11.3. The Morgan fingerprint density at radius 3 is 2.61 bits per heavy atom. The van der Waals surface area contributed by atoms with Gasteiger partial charge in [-0.15, -0.1) is 0 Å². The second-order valence-corrected chi connectivity index (χ2v) is 8.51. The molecule has 0 spiro atoms. The van der Waals surface area contributed by atoms with E-state index in [0.717, 1.165) is 59.8 Å². The van der Waals surface area contributed by atoms with Gasteiger partial charge in [-0.2, -0.15) is 0 Å². The van der Waals surface area contributed by atoms with E-state index in [-0.39, 0.29) is 18.3 Å². The average molecular weight is 442 g/mol. The first-order valence-electron chi connectivity index (χ1n) is 11.3. The van der Waals surface area contributed by atoms with Gasteiger partial charge >= 0.3 is 0 Å². The van der Waals surface area contributed by atoms with Crippen LogP contribution >= 0.6 is 0 Å². The highest BCUT2D eigenvalue weighted by Gasteiger charge is 2.15. The van der Waals surface area contributed by atoms with Crippen molar-refractivity contribution >= 4 is 16.7 Å². The maximum Gasteiger partial charge on any atom is 0.168 e. The minimum absolute atomic E-state index is 0.0219.